The van der Waals surface area contributed by atoms with Crippen LogP contribution in [0.15, 0.2) is 61.8 Å². The van der Waals surface area contributed by atoms with E-state index in [1.165, 1.54) is 6.07 Å². The maximum atomic E-state index is 14.0. The summed E-state index contributed by atoms with van der Waals surface area (Å²) in [7, 11) is 5.97. The zero-order chi connectivity index (χ0) is 29.5. The molecule has 1 fully saturated rings. The minimum atomic E-state index is -0.215. The Bertz CT molecular complexity index is 1510. The number of aromatic nitrogens is 4. The molecule has 0 saturated carbocycles. The van der Waals surface area contributed by atoms with E-state index in [2.05, 4.69) is 47.2 Å². The Hall–Kier alpha value is -3.59. The molecule has 41 heavy (non-hydrogen) atoms. The quantitative estimate of drug-likeness (QED) is 0.246. The average molecular weight is 576 g/mol. The maximum absolute atomic E-state index is 14.0. The van der Waals surface area contributed by atoms with E-state index in [4.69, 9.17) is 16.6 Å². The van der Waals surface area contributed by atoms with Gasteiger partial charge in [-0.25, -0.2) is 9.37 Å². The van der Waals surface area contributed by atoms with Gasteiger partial charge in [-0.1, -0.05) is 55.1 Å². The standard InChI is InChI=1S/C20H18ClFN2.C12H21N5/c1-4-13-5-7-16-17(21)11-19(23-20(16)9-13)14-6-8-18(22)15(10-14)12-24(2)3;1-4-5-17-10-12(13-14-17)11(2)16-8-6-15(3)7-9-16/h4-11H,1,12H2,2-3H3;10H,2,4-9H2,1,3H3. The Labute approximate surface area is 247 Å². The minimum absolute atomic E-state index is 0.215. The van der Waals surface area contributed by atoms with E-state index in [0.717, 1.165) is 78.3 Å². The topological polar surface area (TPSA) is 53.3 Å². The smallest absolute Gasteiger partial charge is 0.128 e. The first-order valence-electron chi connectivity index (χ1n) is 13.9. The van der Waals surface area contributed by atoms with Crippen LogP contribution in [-0.2, 0) is 13.1 Å². The summed E-state index contributed by atoms with van der Waals surface area (Å²) in [5.74, 6) is -0.215. The molecule has 0 radical (unpaired) electrons. The number of hydrogen-bond acceptors (Lipinski definition) is 6. The molecule has 3 heterocycles. The zero-order valence-electron chi connectivity index (χ0n) is 24.4. The SMILES string of the molecule is C=C(c1cn(CCC)nn1)N1CCN(C)CC1.C=Cc1ccc2c(Cl)cc(-c3ccc(F)c(CN(C)C)c3)nc2c1. The molecule has 7 nitrogen and oxygen atoms in total. The predicted molar refractivity (Wildman–Crippen MR) is 168 cm³/mol. The van der Waals surface area contributed by atoms with Crippen molar-refractivity contribution < 1.29 is 4.39 Å². The van der Waals surface area contributed by atoms with Crippen molar-refractivity contribution >= 4 is 34.3 Å². The highest BCUT2D eigenvalue weighted by Gasteiger charge is 2.18. The zero-order valence-corrected chi connectivity index (χ0v) is 25.2. The van der Waals surface area contributed by atoms with Crippen molar-refractivity contribution in [2.45, 2.75) is 26.4 Å². The molecular formula is C32H39ClFN7. The maximum Gasteiger partial charge on any atom is 0.128 e. The molecule has 9 heteroatoms. The van der Waals surface area contributed by atoms with Gasteiger partial charge in [0.05, 0.1) is 28.1 Å². The Morgan fingerprint density at radius 2 is 1.85 bits per heavy atom. The lowest BCUT2D eigenvalue weighted by molar-refractivity contribution is 0.207. The summed E-state index contributed by atoms with van der Waals surface area (Å²) in [6.45, 7) is 15.7. The molecule has 1 aliphatic heterocycles. The monoisotopic (exact) mass is 575 g/mol. The van der Waals surface area contributed by atoms with Crippen molar-refractivity contribution in [3.05, 3.63) is 89.5 Å². The third-order valence-corrected chi connectivity index (χ3v) is 7.33. The number of benzene rings is 2. The summed E-state index contributed by atoms with van der Waals surface area (Å²) >= 11 is 6.41. The Morgan fingerprint density at radius 3 is 2.54 bits per heavy atom. The second kappa shape index (κ2) is 13.9. The molecule has 0 spiro atoms. The molecule has 0 aliphatic carbocycles. The number of rotatable bonds is 8. The van der Waals surface area contributed by atoms with Crippen molar-refractivity contribution in [1.29, 1.82) is 0 Å². The molecule has 1 aliphatic rings. The van der Waals surface area contributed by atoms with Gasteiger partial charge in [-0.2, -0.15) is 0 Å². The summed E-state index contributed by atoms with van der Waals surface area (Å²) in [5.41, 5.74) is 5.90. The lowest BCUT2D eigenvalue weighted by atomic mass is 10.0. The summed E-state index contributed by atoms with van der Waals surface area (Å²) in [6.07, 6.45) is 4.84. The largest absolute Gasteiger partial charge is 0.368 e. The van der Waals surface area contributed by atoms with E-state index in [0.29, 0.717) is 17.1 Å². The van der Waals surface area contributed by atoms with Crippen LogP contribution >= 0.6 is 11.6 Å². The van der Waals surface area contributed by atoms with Crippen LogP contribution in [0.4, 0.5) is 4.39 Å². The summed E-state index contributed by atoms with van der Waals surface area (Å²) in [6, 6.07) is 12.7. The molecule has 0 amide bonds. The summed E-state index contributed by atoms with van der Waals surface area (Å²) in [4.78, 5) is 11.2. The third-order valence-electron chi connectivity index (χ3n) is 7.02. The van der Waals surface area contributed by atoms with E-state index < -0.39 is 0 Å². The van der Waals surface area contributed by atoms with Crippen molar-refractivity contribution in [3.8, 4) is 11.3 Å². The fraction of sp³-hybridized carbons (Fsp3) is 0.344. The summed E-state index contributed by atoms with van der Waals surface area (Å²) < 4.78 is 15.9. The van der Waals surface area contributed by atoms with Gasteiger partial charge in [-0.15, -0.1) is 5.10 Å². The summed E-state index contributed by atoms with van der Waals surface area (Å²) in [5, 5.41) is 9.81. The molecular weight excluding hydrogens is 537 g/mol. The fourth-order valence-electron chi connectivity index (χ4n) is 4.68. The van der Waals surface area contributed by atoms with E-state index in [9.17, 15) is 4.39 Å². The lowest BCUT2D eigenvalue weighted by Crippen LogP contribution is -2.43. The van der Waals surface area contributed by atoms with Crippen LogP contribution in [0.5, 0.6) is 0 Å². The number of likely N-dealkylation sites (N-methyl/N-ethyl adjacent to an activating group) is 1. The van der Waals surface area contributed by atoms with Gasteiger partial charge in [0.2, 0.25) is 0 Å². The lowest BCUT2D eigenvalue weighted by Gasteiger charge is -2.34. The number of aryl methyl sites for hydroxylation is 1. The number of fused-ring (bicyclic) bond motifs is 1. The third kappa shape index (κ3) is 7.79. The number of pyridine rings is 1. The van der Waals surface area contributed by atoms with Gasteiger partial charge in [-0.3, -0.25) is 4.68 Å². The van der Waals surface area contributed by atoms with Gasteiger partial charge in [0, 0.05) is 55.8 Å². The average Bonchev–Trinajstić information content (AvgIpc) is 3.43. The number of halogens is 2. The van der Waals surface area contributed by atoms with E-state index >= 15 is 0 Å². The number of nitrogens with zero attached hydrogens (tertiary/aromatic N) is 7. The van der Waals surface area contributed by atoms with Crippen LogP contribution in [0, 0.1) is 5.82 Å². The molecule has 0 N–H and O–H groups in total. The second-order valence-electron chi connectivity index (χ2n) is 10.6. The van der Waals surface area contributed by atoms with E-state index in [-0.39, 0.29) is 5.82 Å². The van der Waals surface area contributed by atoms with Crippen LogP contribution in [0.1, 0.15) is 30.2 Å². The highest BCUT2D eigenvalue weighted by Crippen LogP contribution is 2.30. The van der Waals surface area contributed by atoms with Crippen LogP contribution in [0.3, 0.4) is 0 Å². The van der Waals surface area contributed by atoms with Crippen molar-refractivity contribution in [3.63, 3.8) is 0 Å². The fourth-order valence-corrected chi connectivity index (χ4v) is 4.94. The van der Waals surface area contributed by atoms with Gasteiger partial charge in [0.25, 0.3) is 0 Å². The second-order valence-corrected chi connectivity index (χ2v) is 11.0. The van der Waals surface area contributed by atoms with Crippen molar-refractivity contribution in [1.82, 2.24) is 34.7 Å². The molecule has 5 rings (SSSR count). The molecule has 0 atom stereocenters. The van der Waals surface area contributed by atoms with Gasteiger partial charge in [-0.05, 0) is 63.5 Å². The predicted octanol–water partition coefficient (Wildman–Crippen LogP) is 6.31. The first-order valence-corrected chi connectivity index (χ1v) is 14.3. The Balaban J connectivity index is 0.000000201. The van der Waals surface area contributed by atoms with E-state index in [1.54, 1.807) is 12.1 Å². The molecule has 216 valence electrons. The van der Waals surface area contributed by atoms with Gasteiger partial charge in [0.1, 0.15) is 11.5 Å². The van der Waals surface area contributed by atoms with Gasteiger partial charge < -0.3 is 14.7 Å². The van der Waals surface area contributed by atoms with Crippen LogP contribution in [-0.4, -0.2) is 82.0 Å². The normalized spacial score (nSPS) is 13.8. The Morgan fingerprint density at radius 1 is 1.10 bits per heavy atom. The number of piperazine rings is 1. The molecule has 2 aromatic heterocycles. The number of hydrogen-bond donors (Lipinski definition) is 0. The van der Waals surface area contributed by atoms with Crippen molar-refractivity contribution in [2.24, 2.45) is 0 Å². The Kier molecular flexibility index (Phi) is 10.3. The molecule has 2 aromatic carbocycles. The highest BCUT2D eigenvalue weighted by atomic mass is 35.5. The molecule has 1 saturated heterocycles. The van der Waals surface area contributed by atoms with Crippen LogP contribution in [0.25, 0.3) is 33.9 Å². The molecule has 0 bridgehead atoms. The van der Waals surface area contributed by atoms with Crippen LogP contribution in [0.2, 0.25) is 5.02 Å². The van der Waals surface area contributed by atoms with Crippen LogP contribution < -0.4 is 0 Å². The minimum Gasteiger partial charge on any atom is -0.368 e. The van der Waals surface area contributed by atoms with E-state index in [1.807, 2.05) is 60.2 Å². The molecule has 4 aromatic rings. The van der Waals surface area contributed by atoms with Crippen molar-refractivity contribution in [2.75, 3.05) is 47.3 Å². The first-order chi connectivity index (χ1) is 19.7. The molecule has 0 unspecified atom stereocenters. The highest BCUT2D eigenvalue weighted by molar-refractivity contribution is 6.35. The van der Waals surface area contributed by atoms with Gasteiger partial charge >= 0.3 is 0 Å². The first kappa shape index (κ1) is 30.4. The van der Waals surface area contributed by atoms with Gasteiger partial charge in [0.15, 0.2) is 0 Å².